The van der Waals surface area contributed by atoms with E-state index >= 15 is 0 Å². The minimum Gasteiger partial charge on any atom is -0.379 e. The van der Waals surface area contributed by atoms with Gasteiger partial charge >= 0.3 is 0 Å². The van der Waals surface area contributed by atoms with Gasteiger partial charge in [-0.05, 0) is 25.8 Å². The van der Waals surface area contributed by atoms with Gasteiger partial charge in [-0.25, -0.2) is 0 Å². The molecule has 0 unspecified atom stereocenters. The summed E-state index contributed by atoms with van der Waals surface area (Å²) in [6.07, 6.45) is 4.94. The molecule has 0 atom stereocenters. The number of nitrogens with zero attached hydrogens (tertiary/aromatic N) is 2. The van der Waals surface area contributed by atoms with E-state index in [1.54, 1.807) is 8.61 Å². The number of ether oxygens (including phenoxy) is 1. The molecule has 0 aromatic heterocycles. The summed E-state index contributed by atoms with van der Waals surface area (Å²) in [6, 6.07) is 0.166. The second-order valence-electron chi connectivity index (χ2n) is 5.21. The molecule has 0 amide bonds. The van der Waals surface area contributed by atoms with Crippen LogP contribution in [0.3, 0.4) is 0 Å². The molecule has 7 heteroatoms. The molecular formula is C12H25N3O3S. The molecule has 1 aliphatic heterocycles. The van der Waals surface area contributed by atoms with E-state index in [4.69, 9.17) is 10.5 Å². The van der Waals surface area contributed by atoms with Crippen molar-refractivity contribution in [1.29, 1.82) is 0 Å². The highest BCUT2D eigenvalue weighted by atomic mass is 32.2. The quantitative estimate of drug-likeness (QED) is 0.756. The normalized spacial score (nSPS) is 23.3. The van der Waals surface area contributed by atoms with Crippen LogP contribution in [0.2, 0.25) is 0 Å². The van der Waals surface area contributed by atoms with Gasteiger partial charge in [-0.15, -0.1) is 0 Å². The topological polar surface area (TPSA) is 75.9 Å². The van der Waals surface area contributed by atoms with Gasteiger partial charge in [0.1, 0.15) is 0 Å². The first-order chi connectivity index (χ1) is 9.16. The van der Waals surface area contributed by atoms with Crippen LogP contribution >= 0.6 is 0 Å². The minimum absolute atomic E-state index is 0.166. The molecule has 2 rings (SSSR count). The third-order valence-corrected chi connectivity index (χ3v) is 6.00. The number of rotatable bonds is 6. The summed E-state index contributed by atoms with van der Waals surface area (Å²) in [5, 5.41) is 0. The number of hydrogen-bond acceptors (Lipinski definition) is 4. The van der Waals surface area contributed by atoms with Gasteiger partial charge in [0.15, 0.2) is 0 Å². The van der Waals surface area contributed by atoms with Crippen LogP contribution in [0.25, 0.3) is 0 Å². The maximum atomic E-state index is 12.7. The first-order valence-electron chi connectivity index (χ1n) is 7.21. The smallest absolute Gasteiger partial charge is 0.282 e. The molecule has 2 aliphatic rings. The third kappa shape index (κ3) is 3.66. The average molecular weight is 291 g/mol. The predicted octanol–water partition coefficient (Wildman–Crippen LogP) is 0.157. The molecule has 2 fully saturated rings. The van der Waals surface area contributed by atoms with E-state index in [0.29, 0.717) is 39.4 Å². The van der Waals surface area contributed by atoms with Crippen LogP contribution in [0.15, 0.2) is 0 Å². The summed E-state index contributed by atoms with van der Waals surface area (Å²) in [4.78, 5) is 0. The number of nitrogens with two attached hydrogens (primary N) is 1. The Balaban J connectivity index is 2.09. The van der Waals surface area contributed by atoms with Crippen LogP contribution in [0, 0.1) is 0 Å². The predicted molar refractivity (Wildman–Crippen MR) is 73.9 cm³/mol. The molecule has 0 aromatic rings. The van der Waals surface area contributed by atoms with E-state index in [2.05, 4.69) is 0 Å². The lowest BCUT2D eigenvalue weighted by molar-refractivity contribution is 0.0691. The minimum atomic E-state index is -3.35. The van der Waals surface area contributed by atoms with Crippen molar-refractivity contribution < 1.29 is 13.2 Å². The summed E-state index contributed by atoms with van der Waals surface area (Å²) < 4.78 is 34.0. The van der Waals surface area contributed by atoms with Crippen LogP contribution < -0.4 is 5.73 Å². The monoisotopic (exact) mass is 291 g/mol. The fraction of sp³-hybridized carbons (Fsp3) is 1.00. The van der Waals surface area contributed by atoms with Crippen LogP contribution in [0.5, 0.6) is 0 Å². The van der Waals surface area contributed by atoms with Crippen LogP contribution in [0.4, 0.5) is 0 Å². The molecule has 1 heterocycles. The molecule has 0 bridgehead atoms. The number of hydrogen-bond donors (Lipinski definition) is 1. The summed E-state index contributed by atoms with van der Waals surface area (Å²) in [5.74, 6) is 0. The highest BCUT2D eigenvalue weighted by Crippen LogP contribution is 2.27. The van der Waals surface area contributed by atoms with Crippen molar-refractivity contribution in [1.82, 2.24) is 8.61 Å². The molecule has 112 valence electrons. The van der Waals surface area contributed by atoms with E-state index in [9.17, 15) is 8.42 Å². The first-order valence-corrected chi connectivity index (χ1v) is 8.60. The molecule has 1 saturated carbocycles. The lowest BCUT2D eigenvalue weighted by Crippen LogP contribution is -2.51. The Morgan fingerprint density at radius 1 is 1.21 bits per heavy atom. The zero-order chi connectivity index (χ0) is 13.7. The molecule has 0 aromatic carbocycles. The van der Waals surface area contributed by atoms with Crippen LogP contribution in [0.1, 0.15) is 32.1 Å². The van der Waals surface area contributed by atoms with E-state index in [-0.39, 0.29) is 6.04 Å². The van der Waals surface area contributed by atoms with Gasteiger partial charge in [-0.1, -0.05) is 12.8 Å². The van der Waals surface area contributed by atoms with Crippen molar-refractivity contribution in [2.75, 3.05) is 39.4 Å². The zero-order valence-corrected chi connectivity index (χ0v) is 12.3. The van der Waals surface area contributed by atoms with Crippen LogP contribution in [-0.2, 0) is 14.9 Å². The van der Waals surface area contributed by atoms with Crippen molar-refractivity contribution in [3.05, 3.63) is 0 Å². The fourth-order valence-electron chi connectivity index (χ4n) is 2.85. The van der Waals surface area contributed by atoms with Gasteiger partial charge in [0.05, 0.1) is 13.2 Å². The molecule has 2 N–H and O–H groups in total. The lowest BCUT2D eigenvalue weighted by atomic mass is 10.2. The van der Waals surface area contributed by atoms with Crippen molar-refractivity contribution >= 4 is 10.2 Å². The average Bonchev–Trinajstić information content (AvgIpc) is 2.94. The summed E-state index contributed by atoms with van der Waals surface area (Å²) in [5.41, 5.74) is 5.54. The summed E-state index contributed by atoms with van der Waals surface area (Å²) in [7, 11) is -3.35. The second-order valence-corrected chi connectivity index (χ2v) is 7.09. The SMILES string of the molecule is NCCCN(C1CCCC1)S(=O)(=O)N1CCOCC1. The van der Waals surface area contributed by atoms with Gasteiger partial charge in [0.25, 0.3) is 10.2 Å². The molecule has 1 saturated heterocycles. The van der Waals surface area contributed by atoms with Gasteiger partial charge in [0, 0.05) is 25.7 Å². The van der Waals surface area contributed by atoms with Gasteiger partial charge < -0.3 is 10.5 Å². The summed E-state index contributed by atoms with van der Waals surface area (Å²) >= 11 is 0. The Morgan fingerprint density at radius 2 is 1.84 bits per heavy atom. The number of morpholine rings is 1. The maximum absolute atomic E-state index is 12.7. The largest absolute Gasteiger partial charge is 0.379 e. The van der Waals surface area contributed by atoms with E-state index < -0.39 is 10.2 Å². The Bertz CT molecular complexity index is 362. The zero-order valence-electron chi connectivity index (χ0n) is 11.5. The molecule has 6 nitrogen and oxygen atoms in total. The highest BCUT2D eigenvalue weighted by Gasteiger charge is 2.36. The first kappa shape index (κ1) is 15.2. The Labute approximate surface area is 116 Å². The molecule has 19 heavy (non-hydrogen) atoms. The van der Waals surface area contributed by atoms with Gasteiger partial charge in [-0.3, -0.25) is 0 Å². The molecule has 1 aliphatic carbocycles. The van der Waals surface area contributed by atoms with Crippen LogP contribution in [-0.4, -0.2) is 62.5 Å². The van der Waals surface area contributed by atoms with E-state index in [1.807, 2.05) is 0 Å². The highest BCUT2D eigenvalue weighted by molar-refractivity contribution is 7.86. The van der Waals surface area contributed by atoms with Crippen molar-refractivity contribution in [2.24, 2.45) is 5.73 Å². The van der Waals surface area contributed by atoms with Crippen molar-refractivity contribution in [3.63, 3.8) is 0 Å². The molecule has 0 radical (unpaired) electrons. The molecule has 0 spiro atoms. The van der Waals surface area contributed by atoms with Gasteiger partial charge in [0.2, 0.25) is 0 Å². The van der Waals surface area contributed by atoms with Crippen molar-refractivity contribution in [3.8, 4) is 0 Å². The Hall–Kier alpha value is -0.210. The van der Waals surface area contributed by atoms with E-state index in [0.717, 1.165) is 32.1 Å². The Kier molecular flexibility index (Phi) is 5.58. The third-order valence-electron chi connectivity index (χ3n) is 3.91. The van der Waals surface area contributed by atoms with E-state index in [1.165, 1.54) is 0 Å². The fourth-order valence-corrected chi connectivity index (χ4v) is 4.71. The Morgan fingerprint density at radius 3 is 2.42 bits per heavy atom. The molecular weight excluding hydrogens is 266 g/mol. The van der Waals surface area contributed by atoms with Gasteiger partial charge in [-0.2, -0.15) is 17.0 Å². The van der Waals surface area contributed by atoms with Crippen molar-refractivity contribution in [2.45, 2.75) is 38.1 Å². The second kappa shape index (κ2) is 6.99. The lowest BCUT2D eigenvalue weighted by Gasteiger charge is -2.35. The maximum Gasteiger partial charge on any atom is 0.282 e. The summed E-state index contributed by atoms with van der Waals surface area (Å²) in [6.45, 7) is 2.99. The standard InChI is InChI=1S/C12H25N3O3S/c13-6-3-7-15(12-4-1-2-5-12)19(16,17)14-8-10-18-11-9-14/h12H,1-11,13H2.